The van der Waals surface area contributed by atoms with Gasteiger partial charge in [-0.1, -0.05) is 18.2 Å². The molecule has 0 saturated heterocycles. The molecule has 100 valence electrons. The van der Waals surface area contributed by atoms with Gasteiger partial charge < -0.3 is 10.6 Å². The topological polar surface area (TPSA) is 42.2 Å². The molecular formula is C15H18FN3. The number of nitrogens with two attached hydrogens (primary N) is 1. The average Bonchev–Trinajstić information content (AvgIpc) is 2.40. The maximum absolute atomic E-state index is 13.6. The van der Waals surface area contributed by atoms with Gasteiger partial charge in [-0.2, -0.15) is 0 Å². The Hall–Kier alpha value is -1.78. The van der Waals surface area contributed by atoms with E-state index in [-0.39, 0.29) is 11.9 Å². The number of likely N-dealkylation sites (N-methyl/N-ethyl adjacent to an activating group) is 1. The maximum Gasteiger partial charge on any atom is 0.128 e. The van der Waals surface area contributed by atoms with Crippen LogP contribution in [0.1, 0.15) is 17.2 Å². The van der Waals surface area contributed by atoms with Gasteiger partial charge in [0.05, 0.1) is 0 Å². The van der Waals surface area contributed by atoms with Gasteiger partial charge >= 0.3 is 0 Å². The van der Waals surface area contributed by atoms with Crippen molar-refractivity contribution in [2.45, 2.75) is 12.6 Å². The molecule has 0 aliphatic heterocycles. The summed E-state index contributed by atoms with van der Waals surface area (Å²) in [4.78, 5) is 6.06. The third kappa shape index (κ3) is 3.84. The predicted octanol–water partition coefficient (Wildman–Crippen LogP) is 2.35. The molecule has 3 nitrogen and oxygen atoms in total. The molecule has 0 fully saturated rings. The molecule has 4 heteroatoms. The van der Waals surface area contributed by atoms with E-state index in [4.69, 9.17) is 5.73 Å². The molecule has 0 spiro atoms. The Bertz CT molecular complexity index is 516. The Morgan fingerprint density at radius 1 is 1.21 bits per heavy atom. The number of hydrogen-bond acceptors (Lipinski definition) is 3. The largest absolute Gasteiger partial charge is 0.323 e. The fourth-order valence-corrected chi connectivity index (χ4v) is 2.07. The van der Waals surface area contributed by atoms with Gasteiger partial charge in [-0.05, 0) is 30.8 Å². The molecule has 0 amide bonds. The lowest BCUT2D eigenvalue weighted by molar-refractivity contribution is 0.302. The van der Waals surface area contributed by atoms with Crippen LogP contribution < -0.4 is 5.73 Å². The number of halogens is 1. The molecule has 1 aromatic heterocycles. The molecule has 2 aromatic rings. The van der Waals surface area contributed by atoms with Crippen molar-refractivity contribution in [1.82, 2.24) is 9.88 Å². The van der Waals surface area contributed by atoms with E-state index in [9.17, 15) is 4.39 Å². The Kier molecular flexibility index (Phi) is 4.60. The second-order valence-electron chi connectivity index (χ2n) is 4.68. The first-order chi connectivity index (χ1) is 9.16. The van der Waals surface area contributed by atoms with Crippen molar-refractivity contribution in [1.29, 1.82) is 0 Å². The van der Waals surface area contributed by atoms with Crippen molar-refractivity contribution in [3.8, 4) is 0 Å². The third-order valence-electron chi connectivity index (χ3n) is 3.01. The lowest BCUT2D eigenvalue weighted by Gasteiger charge is -2.21. The number of aromatic nitrogens is 1. The molecule has 0 radical (unpaired) electrons. The molecule has 1 atom stereocenters. The summed E-state index contributed by atoms with van der Waals surface area (Å²) >= 11 is 0. The van der Waals surface area contributed by atoms with Gasteiger partial charge in [-0.3, -0.25) is 4.98 Å². The van der Waals surface area contributed by atoms with Crippen LogP contribution in [0.4, 0.5) is 4.39 Å². The standard InChI is InChI=1S/C15H18FN3/c1-19(10-12-6-8-18-9-7-12)11-15(17)13-4-2-3-5-14(13)16/h2-9,15H,10-11,17H2,1H3. The zero-order valence-corrected chi connectivity index (χ0v) is 11.0. The van der Waals surface area contributed by atoms with Crippen LogP contribution in [-0.4, -0.2) is 23.5 Å². The van der Waals surface area contributed by atoms with E-state index in [1.165, 1.54) is 11.6 Å². The Balaban J connectivity index is 1.96. The molecule has 1 heterocycles. The zero-order valence-electron chi connectivity index (χ0n) is 11.0. The van der Waals surface area contributed by atoms with Crippen molar-refractivity contribution in [3.05, 3.63) is 65.7 Å². The monoisotopic (exact) mass is 259 g/mol. The van der Waals surface area contributed by atoms with E-state index >= 15 is 0 Å². The van der Waals surface area contributed by atoms with Gasteiger partial charge in [-0.15, -0.1) is 0 Å². The van der Waals surface area contributed by atoms with E-state index in [0.717, 1.165) is 6.54 Å². The Labute approximate surface area is 112 Å². The summed E-state index contributed by atoms with van der Waals surface area (Å²) in [6, 6.07) is 10.3. The molecule has 19 heavy (non-hydrogen) atoms. The second kappa shape index (κ2) is 6.41. The van der Waals surface area contributed by atoms with Crippen LogP contribution in [0, 0.1) is 5.82 Å². The highest BCUT2D eigenvalue weighted by Gasteiger charge is 2.13. The number of rotatable bonds is 5. The van der Waals surface area contributed by atoms with E-state index in [1.807, 2.05) is 19.2 Å². The smallest absolute Gasteiger partial charge is 0.128 e. The molecule has 2 rings (SSSR count). The van der Waals surface area contributed by atoms with Crippen molar-refractivity contribution in [3.63, 3.8) is 0 Å². The van der Waals surface area contributed by atoms with Crippen LogP contribution >= 0.6 is 0 Å². The summed E-state index contributed by atoms with van der Waals surface area (Å²) in [6.45, 7) is 1.37. The molecule has 2 N–H and O–H groups in total. The first-order valence-corrected chi connectivity index (χ1v) is 6.24. The fourth-order valence-electron chi connectivity index (χ4n) is 2.07. The van der Waals surface area contributed by atoms with E-state index in [1.54, 1.807) is 30.6 Å². The Morgan fingerprint density at radius 3 is 2.58 bits per heavy atom. The van der Waals surface area contributed by atoms with Crippen LogP contribution in [-0.2, 0) is 6.54 Å². The van der Waals surface area contributed by atoms with Crippen molar-refractivity contribution in [2.24, 2.45) is 5.73 Å². The van der Waals surface area contributed by atoms with Gasteiger partial charge in [-0.25, -0.2) is 4.39 Å². The van der Waals surface area contributed by atoms with E-state index in [0.29, 0.717) is 12.1 Å². The first-order valence-electron chi connectivity index (χ1n) is 6.24. The summed E-state index contributed by atoms with van der Waals surface area (Å²) in [6.07, 6.45) is 3.53. The maximum atomic E-state index is 13.6. The van der Waals surface area contributed by atoms with Crippen molar-refractivity contribution < 1.29 is 4.39 Å². The molecule has 0 aliphatic carbocycles. The van der Waals surface area contributed by atoms with Gasteiger partial charge in [0.1, 0.15) is 5.82 Å². The highest BCUT2D eigenvalue weighted by Crippen LogP contribution is 2.16. The fraction of sp³-hybridized carbons (Fsp3) is 0.267. The number of hydrogen-bond donors (Lipinski definition) is 1. The molecule has 0 saturated carbocycles. The van der Waals surface area contributed by atoms with Gasteiger partial charge in [0.25, 0.3) is 0 Å². The lowest BCUT2D eigenvalue weighted by Crippen LogP contribution is -2.29. The van der Waals surface area contributed by atoms with Crippen LogP contribution in [0.3, 0.4) is 0 Å². The predicted molar refractivity (Wildman–Crippen MR) is 73.9 cm³/mol. The van der Waals surface area contributed by atoms with Gasteiger partial charge in [0, 0.05) is 37.1 Å². The number of nitrogens with zero attached hydrogens (tertiary/aromatic N) is 2. The van der Waals surface area contributed by atoms with Crippen LogP contribution in [0.2, 0.25) is 0 Å². The average molecular weight is 259 g/mol. The third-order valence-corrected chi connectivity index (χ3v) is 3.01. The number of pyridine rings is 1. The highest BCUT2D eigenvalue weighted by atomic mass is 19.1. The summed E-state index contributed by atoms with van der Waals surface area (Å²) in [5, 5.41) is 0. The highest BCUT2D eigenvalue weighted by molar-refractivity contribution is 5.21. The molecule has 0 bridgehead atoms. The number of benzene rings is 1. The van der Waals surface area contributed by atoms with Crippen LogP contribution in [0.5, 0.6) is 0 Å². The minimum atomic E-state index is -0.326. The quantitative estimate of drug-likeness (QED) is 0.896. The first kappa shape index (κ1) is 13.6. The van der Waals surface area contributed by atoms with Crippen LogP contribution in [0.15, 0.2) is 48.8 Å². The zero-order chi connectivity index (χ0) is 13.7. The molecule has 1 unspecified atom stereocenters. The molecular weight excluding hydrogens is 241 g/mol. The van der Waals surface area contributed by atoms with Gasteiger partial charge in [0.15, 0.2) is 0 Å². The van der Waals surface area contributed by atoms with Crippen molar-refractivity contribution in [2.75, 3.05) is 13.6 Å². The SMILES string of the molecule is CN(Cc1ccncc1)CC(N)c1ccccc1F. The van der Waals surface area contributed by atoms with Crippen LogP contribution in [0.25, 0.3) is 0 Å². The van der Waals surface area contributed by atoms with E-state index in [2.05, 4.69) is 9.88 Å². The minimum Gasteiger partial charge on any atom is -0.323 e. The summed E-state index contributed by atoms with van der Waals surface area (Å²) in [7, 11) is 1.97. The second-order valence-corrected chi connectivity index (χ2v) is 4.68. The van der Waals surface area contributed by atoms with E-state index < -0.39 is 0 Å². The summed E-state index contributed by atoms with van der Waals surface area (Å²) in [5.74, 6) is -0.243. The van der Waals surface area contributed by atoms with Gasteiger partial charge in [0.2, 0.25) is 0 Å². The lowest BCUT2D eigenvalue weighted by atomic mass is 10.1. The molecule has 0 aliphatic rings. The minimum absolute atomic E-state index is 0.243. The summed E-state index contributed by atoms with van der Waals surface area (Å²) in [5.41, 5.74) is 7.78. The van der Waals surface area contributed by atoms with Crippen molar-refractivity contribution >= 4 is 0 Å². The Morgan fingerprint density at radius 2 is 1.89 bits per heavy atom. The normalized spacial score (nSPS) is 12.6. The summed E-state index contributed by atoms with van der Waals surface area (Å²) < 4.78 is 13.6. The molecule has 1 aromatic carbocycles.